The monoisotopic (exact) mass is 325 g/mol. The van der Waals surface area contributed by atoms with Crippen molar-refractivity contribution in [1.82, 2.24) is 0 Å². The molecule has 3 rings (SSSR count). The molecule has 0 atom stereocenters. The molecule has 6 nitrogen and oxygen atoms in total. The van der Waals surface area contributed by atoms with E-state index in [-0.39, 0.29) is 17.2 Å². The van der Waals surface area contributed by atoms with Crippen molar-refractivity contribution in [3.05, 3.63) is 63.2 Å². The van der Waals surface area contributed by atoms with E-state index in [0.717, 1.165) is 24.0 Å². The Kier molecular flexibility index (Phi) is 4.20. The smallest absolute Gasteiger partial charge is 0.293 e. The van der Waals surface area contributed by atoms with Crippen LogP contribution in [0, 0.1) is 24.0 Å². The molecule has 0 bridgehead atoms. The predicted molar refractivity (Wildman–Crippen MR) is 93.6 cm³/mol. The summed E-state index contributed by atoms with van der Waals surface area (Å²) in [6, 6.07) is 10.5. The van der Waals surface area contributed by atoms with Crippen LogP contribution in [0.15, 0.2) is 36.4 Å². The van der Waals surface area contributed by atoms with Gasteiger partial charge in [0, 0.05) is 23.4 Å². The Balaban J connectivity index is 1.85. The van der Waals surface area contributed by atoms with Crippen molar-refractivity contribution in [3.8, 4) is 0 Å². The quantitative estimate of drug-likeness (QED) is 0.642. The maximum Gasteiger partial charge on any atom is 0.293 e. The molecule has 0 unspecified atom stereocenters. The molecule has 1 amide bonds. The fourth-order valence-electron chi connectivity index (χ4n) is 2.47. The van der Waals surface area contributed by atoms with Crippen LogP contribution in [0.4, 0.5) is 17.1 Å². The van der Waals surface area contributed by atoms with E-state index in [4.69, 9.17) is 0 Å². The zero-order valence-corrected chi connectivity index (χ0v) is 13.6. The molecular weight excluding hydrogens is 306 g/mol. The van der Waals surface area contributed by atoms with Crippen LogP contribution >= 0.6 is 0 Å². The SMILES string of the molecule is Cc1cccc(NC(=O)c2ccc(NC3CC3)c([N+](=O)[O-])c2)c1C. The highest BCUT2D eigenvalue weighted by atomic mass is 16.6. The summed E-state index contributed by atoms with van der Waals surface area (Å²) < 4.78 is 0. The lowest BCUT2D eigenvalue weighted by Gasteiger charge is -2.11. The number of nitrogens with one attached hydrogen (secondary N) is 2. The van der Waals surface area contributed by atoms with E-state index in [2.05, 4.69) is 10.6 Å². The van der Waals surface area contributed by atoms with Gasteiger partial charge in [-0.1, -0.05) is 12.1 Å². The summed E-state index contributed by atoms with van der Waals surface area (Å²) in [6.45, 7) is 3.89. The van der Waals surface area contributed by atoms with E-state index in [1.54, 1.807) is 12.1 Å². The number of aryl methyl sites for hydroxylation is 1. The van der Waals surface area contributed by atoms with Gasteiger partial charge in [0.25, 0.3) is 11.6 Å². The Morgan fingerprint density at radius 1 is 1.17 bits per heavy atom. The molecule has 1 aliphatic rings. The molecule has 0 spiro atoms. The molecule has 24 heavy (non-hydrogen) atoms. The van der Waals surface area contributed by atoms with Gasteiger partial charge >= 0.3 is 0 Å². The van der Waals surface area contributed by atoms with Crippen molar-refractivity contribution >= 4 is 23.0 Å². The maximum absolute atomic E-state index is 12.4. The summed E-state index contributed by atoms with van der Waals surface area (Å²) in [5.41, 5.74) is 3.42. The summed E-state index contributed by atoms with van der Waals surface area (Å²) in [4.78, 5) is 23.3. The number of hydrogen-bond donors (Lipinski definition) is 2. The van der Waals surface area contributed by atoms with Crippen molar-refractivity contribution in [1.29, 1.82) is 0 Å². The summed E-state index contributed by atoms with van der Waals surface area (Å²) in [5.74, 6) is -0.357. The lowest BCUT2D eigenvalue weighted by Crippen LogP contribution is -2.14. The van der Waals surface area contributed by atoms with Crippen LogP contribution in [0.3, 0.4) is 0 Å². The van der Waals surface area contributed by atoms with Gasteiger partial charge in [0.05, 0.1) is 4.92 Å². The molecule has 6 heteroatoms. The minimum absolute atomic E-state index is 0.0736. The standard InChI is InChI=1S/C18H19N3O3/c1-11-4-3-5-15(12(11)2)20-18(22)13-6-9-16(19-14-7-8-14)17(10-13)21(23)24/h3-6,9-10,14,19H,7-8H2,1-2H3,(H,20,22). The molecule has 2 aromatic rings. The molecule has 0 aromatic heterocycles. The van der Waals surface area contributed by atoms with Gasteiger partial charge in [0.15, 0.2) is 0 Å². The number of carbonyl (C=O) groups excluding carboxylic acids is 1. The number of carbonyl (C=O) groups is 1. The first-order chi connectivity index (χ1) is 11.5. The van der Waals surface area contributed by atoms with Gasteiger partial charge in [-0.3, -0.25) is 14.9 Å². The molecule has 0 aliphatic heterocycles. The minimum Gasteiger partial charge on any atom is -0.377 e. The number of hydrogen-bond acceptors (Lipinski definition) is 4. The number of rotatable bonds is 5. The van der Waals surface area contributed by atoms with E-state index in [1.807, 2.05) is 32.0 Å². The van der Waals surface area contributed by atoms with Gasteiger partial charge in [-0.2, -0.15) is 0 Å². The number of benzene rings is 2. The molecule has 1 aliphatic carbocycles. The predicted octanol–water partition coefficient (Wildman–Crippen LogP) is 4.04. The molecule has 1 saturated carbocycles. The molecule has 0 heterocycles. The molecule has 2 aromatic carbocycles. The lowest BCUT2D eigenvalue weighted by molar-refractivity contribution is -0.384. The van der Waals surface area contributed by atoms with Crippen LogP contribution < -0.4 is 10.6 Å². The Morgan fingerprint density at radius 3 is 2.58 bits per heavy atom. The molecular formula is C18H19N3O3. The fourth-order valence-corrected chi connectivity index (χ4v) is 2.47. The topological polar surface area (TPSA) is 84.3 Å². The molecule has 0 radical (unpaired) electrons. The number of nitro benzene ring substituents is 1. The Hall–Kier alpha value is -2.89. The number of anilines is 2. The second-order valence-electron chi connectivity index (χ2n) is 6.11. The van der Waals surface area contributed by atoms with Crippen LogP contribution in [-0.2, 0) is 0 Å². The van der Waals surface area contributed by atoms with E-state index in [9.17, 15) is 14.9 Å². The normalized spacial score (nSPS) is 13.4. The van der Waals surface area contributed by atoms with Gasteiger partial charge in [-0.15, -0.1) is 0 Å². The van der Waals surface area contributed by atoms with Crippen LogP contribution in [0.2, 0.25) is 0 Å². The van der Waals surface area contributed by atoms with Gasteiger partial charge in [-0.05, 0) is 56.0 Å². The zero-order valence-electron chi connectivity index (χ0n) is 13.6. The van der Waals surface area contributed by atoms with Gasteiger partial charge in [0.2, 0.25) is 0 Å². The molecule has 2 N–H and O–H groups in total. The van der Waals surface area contributed by atoms with Crippen LogP contribution in [0.25, 0.3) is 0 Å². The van der Waals surface area contributed by atoms with Crippen LogP contribution in [0.1, 0.15) is 34.3 Å². The van der Waals surface area contributed by atoms with Gasteiger partial charge < -0.3 is 10.6 Å². The summed E-state index contributed by atoms with van der Waals surface area (Å²) in [6.07, 6.45) is 2.04. The van der Waals surface area contributed by atoms with Crippen LogP contribution in [0.5, 0.6) is 0 Å². The summed E-state index contributed by atoms with van der Waals surface area (Å²) in [7, 11) is 0. The molecule has 124 valence electrons. The summed E-state index contributed by atoms with van der Waals surface area (Å²) >= 11 is 0. The highest BCUT2D eigenvalue weighted by molar-refractivity contribution is 6.05. The fraction of sp³-hybridized carbons (Fsp3) is 0.278. The first-order valence-electron chi connectivity index (χ1n) is 7.88. The average molecular weight is 325 g/mol. The largest absolute Gasteiger partial charge is 0.377 e. The van der Waals surface area contributed by atoms with E-state index in [1.165, 1.54) is 6.07 Å². The van der Waals surface area contributed by atoms with E-state index < -0.39 is 4.92 Å². The Labute approximate surface area is 140 Å². The highest BCUT2D eigenvalue weighted by Crippen LogP contribution is 2.31. The zero-order chi connectivity index (χ0) is 17.3. The molecule has 1 fully saturated rings. The number of nitro groups is 1. The first kappa shape index (κ1) is 16.0. The second-order valence-corrected chi connectivity index (χ2v) is 6.11. The van der Waals surface area contributed by atoms with Gasteiger partial charge in [-0.25, -0.2) is 0 Å². The number of amides is 1. The van der Waals surface area contributed by atoms with Crippen molar-refractivity contribution < 1.29 is 9.72 Å². The van der Waals surface area contributed by atoms with Gasteiger partial charge in [0.1, 0.15) is 5.69 Å². The Bertz CT molecular complexity index is 813. The van der Waals surface area contributed by atoms with Crippen LogP contribution in [-0.4, -0.2) is 16.9 Å². The van der Waals surface area contributed by atoms with E-state index >= 15 is 0 Å². The highest BCUT2D eigenvalue weighted by Gasteiger charge is 2.25. The third-order valence-electron chi connectivity index (χ3n) is 4.25. The average Bonchev–Trinajstić information content (AvgIpc) is 3.36. The third kappa shape index (κ3) is 3.37. The van der Waals surface area contributed by atoms with E-state index in [0.29, 0.717) is 17.4 Å². The molecule has 0 saturated heterocycles. The summed E-state index contributed by atoms with van der Waals surface area (Å²) in [5, 5.41) is 17.2. The van der Waals surface area contributed by atoms with Crippen molar-refractivity contribution in [2.45, 2.75) is 32.7 Å². The first-order valence-corrected chi connectivity index (χ1v) is 7.88. The lowest BCUT2D eigenvalue weighted by atomic mass is 10.1. The van der Waals surface area contributed by atoms with Crippen molar-refractivity contribution in [2.75, 3.05) is 10.6 Å². The second kappa shape index (κ2) is 6.31. The Morgan fingerprint density at radius 2 is 1.92 bits per heavy atom. The third-order valence-corrected chi connectivity index (χ3v) is 4.25. The maximum atomic E-state index is 12.4. The minimum atomic E-state index is -0.459. The van der Waals surface area contributed by atoms with Crippen molar-refractivity contribution in [3.63, 3.8) is 0 Å². The van der Waals surface area contributed by atoms with Crippen molar-refractivity contribution in [2.24, 2.45) is 0 Å². The number of nitrogens with zero attached hydrogens (tertiary/aromatic N) is 1.